The van der Waals surface area contributed by atoms with E-state index < -0.39 is 0 Å². The van der Waals surface area contributed by atoms with E-state index in [0.717, 1.165) is 18.5 Å². The Hall–Kier alpha value is -0.760. The normalized spacial score (nSPS) is 23.1. The van der Waals surface area contributed by atoms with E-state index in [1.54, 1.807) is 0 Å². The summed E-state index contributed by atoms with van der Waals surface area (Å²) in [7, 11) is 0. The Kier molecular flexibility index (Phi) is 1.93. The fraction of sp³-hybridized carbons (Fsp3) is 0.444. The Morgan fingerprint density at radius 3 is 2.58 bits per heavy atom. The monoisotopic (exact) mass is 182 g/mol. The average Bonchev–Trinajstić information content (AvgIpc) is 2.12. The molecule has 0 saturated carbocycles. The smallest absolute Gasteiger partial charge is 0.152 e. The molecule has 1 N–H and O–H groups in total. The molecule has 0 radical (unpaired) electrons. The molecule has 0 aromatic heterocycles. The molecule has 2 aliphatic rings. The molecular weight excluding hydrogens is 172 g/mol. The summed E-state index contributed by atoms with van der Waals surface area (Å²) >= 11 is 5.94. The first-order valence-electron chi connectivity index (χ1n) is 4.20. The number of halogens is 1. The van der Waals surface area contributed by atoms with Crippen molar-refractivity contribution in [1.82, 2.24) is 5.43 Å². The second kappa shape index (κ2) is 2.94. The maximum Gasteiger partial charge on any atom is 0.152 e. The number of hydrazone groups is 1. The van der Waals surface area contributed by atoms with Gasteiger partial charge in [-0.05, 0) is 36.8 Å². The Morgan fingerprint density at radius 2 is 1.92 bits per heavy atom. The summed E-state index contributed by atoms with van der Waals surface area (Å²) in [4.78, 5) is 0. The molecule has 0 aromatic carbocycles. The molecule has 3 heteroatoms. The molecule has 2 nitrogen and oxygen atoms in total. The molecule has 1 aliphatic carbocycles. The second-order valence-corrected chi connectivity index (χ2v) is 3.52. The molecule has 1 heterocycles. The van der Waals surface area contributed by atoms with Crippen molar-refractivity contribution in [2.45, 2.75) is 25.7 Å². The summed E-state index contributed by atoms with van der Waals surface area (Å²) in [6, 6.07) is 0. The predicted octanol–water partition coefficient (Wildman–Crippen LogP) is 2.53. The van der Waals surface area contributed by atoms with Gasteiger partial charge in [0, 0.05) is 0 Å². The van der Waals surface area contributed by atoms with Crippen molar-refractivity contribution in [2.75, 3.05) is 0 Å². The van der Waals surface area contributed by atoms with E-state index in [2.05, 4.69) is 17.1 Å². The van der Waals surface area contributed by atoms with Gasteiger partial charge in [0.05, 0.1) is 5.70 Å². The summed E-state index contributed by atoms with van der Waals surface area (Å²) < 4.78 is 0. The van der Waals surface area contributed by atoms with E-state index in [1.807, 2.05) is 0 Å². The predicted molar refractivity (Wildman–Crippen MR) is 51.1 cm³/mol. The molecule has 0 spiro atoms. The van der Waals surface area contributed by atoms with Gasteiger partial charge in [-0.25, -0.2) is 0 Å². The van der Waals surface area contributed by atoms with E-state index in [-0.39, 0.29) is 0 Å². The van der Waals surface area contributed by atoms with Crippen molar-refractivity contribution < 1.29 is 0 Å². The van der Waals surface area contributed by atoms with Crippen molar-refractivity contribution in [3.8, 4) is 0 Å². The topological polar surface area (TPSA) is 24.4 Å². The quantitative estimate of drug-likeness (QED) is 0.612. The van der Waals surface area contributed by atoms with Gasteiger partial charge in [0.25, 0.3) is 0 Å². The summed E-state index contributed by atoms with van der Waals surface area (Å²) in [5.41, 5.74) is 6.24. The fourth-order valence-electron chi connectivity index (χ4n) is 1.72. The zero-order valence-corrected chi connectivity index (χ0v) is 7.62. The van der Waals surface area contributed by atoms with Crippen LogP contribution in [-0.4, -0.2) is 5.17 Å². The van der Waals surface area contributed by atoms with Crippen LogP contribution in [0.1, 0.15) is 25.7 Å². The van der Waals surface area contributed by atoms with Crippen LogP contribution in [0.3, 0.4) is 0 Å². The third kappa shape index (κ3) is 1.16. The van der Waals surface area contributed by atoms with Crippen LogP contribution in [0.15, 0.2) is 28.5 Å². The van der Waals surface area contributed by atoms with Crippen LogP contribution in [0.5, 0.6) is 0 Å². The number of rotatable bonds is 0. The number of nitrogens with one attached hydrogen (secondary N) is 1. The van der Waals surface area contributed by atoms with E-state index in [0.29, 0.717) is 5.17 Å². The van der Waals surface area contributed by atoms with Crippen LogP contribution in [0.25, 0.3) is 0 Å². The molecule has 64 valence electrons. The highest BCUT2D eigenvalue weighted by atomic mass is 35.5. The highest BCUT2D eigenvalue weighted by Crippen LogP contribution is 2.32. The Morgan fingerprint density at radius 1 is 1.25 bits per heavy atom. The van der Waals surface area contributed by atoms with Crippen LogP contribution >= 0.6 is 11.6 Å². The molecule has 2 rings (SSSR count). The first kappa shape index (κ1) is 7.87. The van der Waals surface area contributed by atoms with Gasteiger partial charge in [-0.3, -0.25) is 5.43 Å². The van der Waals surface area contributed by atoms with E-state index in [4.69, 9.17) is 11.6 Å². The summed E-state index contributed by atoms with van der Waals surface area (Å²) in [5, 5.41) is 4.59. The van der Waals surface area contributed by atoms with E-state index in [1.165, 1.54) is 24.0 Å². The van der Waals surface area contributed by atoms with Crippen molar-refractivity contribution in [2.24, 2.45) is 5.10 Å². The lowest BCUT2D eigenvalue weighted by molar-refractivity contribution is 0.671. The molecular formula is C9H11ClN2. The lowest BCUT2D eigenvalue weighted by Crippen LogP contribution is -2.20. The molecule has 0 amide bonds. The van der Waals surface area contributed by atoms with Crippen molar-refractivity contribution in [3.05, 3.63) is 23.4 Å². The van der Waals surface area contributed by atoms with Gasteiger partial charge in [0.2, 0.25) is 0 Å². The van der Waals surface area contributed by atoms with Crippen LogP contribution in [-0.2, 0) is 0 Å². The molecule has 0 saturated heterocycles. The molecule has 12 heavy (non-hydrogen) atoms. The minimum atomic E-state index is 0.622. The highest BCUT2D eigenvalue weighted by Gasteiger charge is 2.21. The van der Waals surface area contributed by atoms with Gasteiger partial charge >= 0.3 is 0 Å². The summed E-state index contributed by atoms with van der Waals surface area (Å²) in [5.74, 6) is 0. The van der Waals surface area contributed by atoms with Gasteiger partial charge in [-0.15, -0.1) is 0 Å². The second-order valence-electron chi connectivity index (χ2n) is 3.16. The maximum atomic E-state index is 5.94. The largest absolute Gasteiger partial charge is 0.277 e. The third-order valence-corrected chi connectivity index (χ3v) is 2.68. The first-order valence-corrected chi connectivity index (χ1v) is 4.57. The fourth-order valence-corrected chi connectivity index (χ4v) is 1.97. The van der Waals surface area contributed by atoms with Gasteiger partial charge in [0.1, 0.15) is 0 Å². The lowest BCUT2D eigenvalue weighted by Gasteiger charge is -2.24. The minimum Gasteiger partial charge on any atom is -0.277 e. The van der Waals surface area contributed by atoms with Gasteiger partial charge in [-0.2, -0.15) is 5.10 Å². The average molecular weight is 183 g/mol. The van der Waals surface area contributed by atoms with Gasteiger partial charge in [-0.1, -0.05) is 18.2 Å². The Labute approximate surface area is 77.0 Å². The zero-order chi connectivity index (χ0) is 8.55. The van der Waals surface area contributed by atoms with Crippen LogP contribution in [0, 0.1) is 0 Å². The van der Waals surface area contributed by atoms with Crippen LogP contribution < -0.4 is 5.43 Å². The number of hydrogen-bond donors (Lipinski definition) is 1. The maximum absolute atomic E-state index is 5.94. The lowest BCUT2D eigenvalue weighted by atomic mass is 9.90. The number of nitrogens with zero attached hydrogens (tertiary/aromatic N) is 1. The first-order chi connectivity index (χ1) is 5.79. The zero-order valence-electron chi connectivity index (χ0n) is 6.86. The molecule has 0 bridgehead atoms. The molecule has 0 fully saturated rings. The van der Waals surface area contributed by atoms with Crippen LogP contribution in [0.2, 0.25) is 0 Å². The van der Waals surface area contributed by atoms with Crippen LogP contribution in [0.4, 0.5) is 0 Å². The SMILES string of the molecule is C=C1NN=C(Cl)C2=C1CCCC2. The highest BCUT2D eigenvalue weighted by molar-refractivity contribution is 6.69. The standard InChI is InChI=1S/C9H11ClN2/c1-6-7-4-2-3-5-8(7)9(10)12-11-6/h11H,1-5H2. The molecule has 0 atom stereocenters. The summed E-state index contributed by atoms with van der Waals surface area (Å²) in [6.07, 6.45) is 4.60. The minimum absolute atomic E-state index is 0.622. The van der Waals surface area contributed by atoms with E-state index in [9.17, 15) is 0 Å². The van der Waals surface area contributed by atoms with Crippen molar-refractivity contribution in [1.29, 1.82) is 0 Å². The third-order valence-electron chi connectivity index (χ3n) is 2.37. The number of hydrogen-bond acceptors (Lipinski definition) is 2. The van der Waals surface area contributed by atoms with Crippen molar-refractivity contribution in [3.63, 3.8) is 0 Å². The van der Waals surface area contributed by atoms with Gasteiger partial charge < -0.3 is 0 Å². The van der Waals surface area contributed by atoms with E-state index >= 15 is 0 Å². The molecule has 0 aromatic rings. The number of allylic oxidation sites excluding steroid dienone is 2. The summed E-state index contributed by atoms with van der Waals surface area (Å²) in [6.45, 7) is 3.90. The van der Waals surface area contributed by atoms with Crippen molar-refractivity contribution >= 4 is 16.8 Å². The molecule has 0 unspecified atom stereocenters. The molecule has 1 aliphatic heterocycles. The Balaban J connectivity index is 2.41. The van der Waals surface area contributed by atoms with Gasteiger partial charge in [0.15, 0.2) is 5.17 Å². The Bertz CT molecular complexity index is 281.